The predicted octanol–water partition coefficient (Wildman–Crippen LogP) is 5.97. The van der Waals surface area contributed by atoms with Crippen LogP contribution in [0.4, 0.5) is 5.69 Å². The Labute approximate surface area is 177 Å². The molecule has 144 valence electrons. The first-order chi connectivity index (χ1) is 14.1. The van der Waals surface area contributed by atoms with Gasteiger partial charge in [-0.3, -0.25) is 4.98 Å². The number of pyridine rings is 1. The third kappa shape index (κ3) is 4.21. The van der Waals surface area contributed by atoms with E-state index in [0.29, 0.717) is 22.2 Å². The molecule has 29 heavy (non-hydrogen) atoms. The number of carboxylic acids is 1. The first-order valence-electron chi connectivity index (χ1n) is 9.02. The Morgan fingerprint density at radius 3 is 2.72 bits per heavy atom. The third-order valence-electron chi connectivity index (χ3n) is 4.72. The van der Waals surface area contributed by atoms with Crippen molar-refractivity contribution in [3.8, 4) is 17.3 Å². The summed E-state index contributed by atoms with van der Waals surface area (Å²) < 4.78 is 3.29. The number of benzene rings is 2. The molecule has 1 aromatic heterocycles. The molecule has 1 heterocycles. The lowest BCUT2D eigenvalue weighted by Gasteiger charge is -2.15. The van der Waals surface area contributed by atoms with Crippen molar-refractivity contribution in [3.63, 3.8) is 0 Å². The second-order valence-corrected chi connectivity index (χ2v) is 8.00. The number of nitrogens with one attached hydrogen (secondary N) is 1. The van der Waals surface area contributed by atoms with Crippen molar-refractivity contribution in [2.45, 2.75) is 23.7 Å². The van der Waals surface area contributed by atoms with Crippen molar-refractivity contribution in [2.75, 3.05) is 4.72 Å². The van der Waals surface area contributed by atoms with Gasteiger partial charge in [0.15, 0.2) is 0 Å². The average molecular weight is 422 g/mol. The average Bonchev–Trinajstić information content (AvgIpc) is 3.58. The van der Waals surface area contributed by atoms with Gasteiger partial charge in [-0.2, -0.15) is 5.26 Å². The van der Waals surface area contributed by atoms with Gasteiger partial charge in [-0.05, 0) is 72.7 Å². The second-order valence-electron chi connectivity index (χ2n) is 6.74. The van der Waals surface area contributed by atoms with E-state index in [1.807, 2.05) is 24.3 Å². The number of hydrogen-bond donors (Lipinski definition) is 2. The lowest BCUT2D eigenvalue weighted by atomic mass is 10.1. The summed E-state index contributed by atoms with van der Waals surface area (Å²) in [6.45, 7) is 0. The zero-order valence-corrected chi connectivity index (χ0v) is 16.8. The van der Waals surface area contributed by atoms with Crippen LogP contribution in [0.2, 0.25) is 5.02 Å². The van der Waals surface area contributed by atoms with E-state index in [1.165, 1.54) is 11.9 Å². The summed E-state index contributed by atoms with van der Waals surface area (Å²) >= 11 is 7.59. The smallest absolute Gasteiger partial charge is 0.335 e. The molecule has 1 saturated carbocycles. The molecule has 0 amide bonds. The Bertz CT molecular complexity index is 1120. The highest BCUT2D eigenvalue weighted by molar-refractivity contribution is 8.00. The van der Waals surface area contributed by atoms with E-state index in [0.717, 1.165) is 34.6 Å². The molecule has 0 spiro atoms. The summed E-state index contributed by atoms with van der Waals surface area (Å²) in [5.74, 6) is -0.487. The minimum Gasteiger partial charge on any atom is -0.478 e. The fourth-order valence-corrected chi connectivity index (χ4v) is 4.21. The summed E-state index contributed by atoms with van der Waals surface area (Å²) in [4.78, 5) is 16.6. The Kier molecular flexibility index (Phi) is 5.43. The molecule has 3 aromatic rings. The minimum atomic E-state index is -0.957. The topological polar surface area (TPSA) is 86.0 Å². The Hall–Kier alpha value is -3.01. The van der Waals surface area contributed by atoms with Crippen LogP contribution in [0.25, 0.3) is 11.3 Å². The molecular formula is C22H16ClN3O2S. The normalized spacial score (nSPS) is 13.0. The van der Waals surface area contributed by atoms with Gasteiger partial charge in [-0.15, -0.1) is 0 Å². The molecule has 2 N–H and O–H groups in total. The summed E-state index contributed by atoms with van der Waals surface area (Å²) in [5.41, 5.74) is 3.93. The van der Waals surface area contributed by atoms with E-state index in [-0.39, 0.29) is 5.56 Å². The molecule has 0 aliphatic heterocycles. The van der Waals surface area contributed by atoms with Crippen LogP contribution in [0.15, 0.2) is 59.6 Å². The van der Waals surface area contributed by atoms with Crippen molar-refractivity contribution in [2.24, 2.45) is 0 Å². The predicted molar refractivity (Wildman–Crippen MR) is 114 cm³/mol. The Morgan fingerprint density at radius 1 is 1.24 bits per heavy atom. The van der Waals surface area contributed by atoms with Crippen molar-refractivity contribution in [3.05, 3.63) is 76.4 Å². The molecule has 0 bridgehead atoms. The van der Waals surface area contributed by atoms with E-state index in [1.54, 1.807) is 30.5 Å². The molecule has 1 aliphatic rings. The van der Waals surface area contributed by atoms with Gasteiger partial charge in [0.2, 0.25) is 0 Å². The van der Waals surface area contributed by atoms with Crippen LogP contribution in [0.1, 0.15) is 40.2 Å². The number of rotatable bonds is 6. The quantitative estimate of drug-likeness (QED) is 0.477. The molecule has 4 rings (SSSR count). The van der Waals surface area contributed by atoms with Crippen LogP contribution < -0.4 is 4.72 Å². The van der Waals surface area contributed by atoms with E-state index in [4.69, 9.17) is 11.6 Å². The lowest BCUT2D eigenvalue weighted by molar-refractivity contribution is 0.0696. The largest absolute Gasteiger partial charge is 0.478 e. The number of aromatic carboxylic acids is 1. The van der Waals surface area contributed by atoms with Gasteiger partial charge < -0.3 is 9.83 Å². The van der Waals surface area contributed by atoms with E-state index >= 15 is 0 Å². The number of carbonyl (C=O) groups is 1. The van der Waals surface area contributed by atoms with Crippen molar-refractivity contribution >= 4 is 35.2 Å². The van der Waals surface area contributed by atoms with Gasteiger partial charge in [0.25, 0.3) is 0 Å². The number of halogens is 1. The standard InChI is InChI=1S/C22H16ClN3O2S/c23-18-11-17(19-3-1-2-8-25-19)20(9-15(18)12-24)26-29-21-10-14(22(27)28)6-7-16(21)13-4-5-13/h1-3,6-11,13,26H,4-5H2,(H,27,28). The van der Waals surface area contributed by atoms with Gasteiger partial charge in [0.05, 0.1) is 27.5 Å². The summed E-state index contributed by atoms with van der Waals surface area (Å²) in [6, 6.07) is 16.3. The van der Waals surface area contributed by atoms with Crippen LogP contribution in [0, 0.1) is 11.3 Å². The maximum atomic E-state index is 11.4. The number of aromatic nitrogens is 1. The van der Waals surface area contributed by atoms with Gasteiger partial charge in [0, 0.05) is 16.7 Å². The molecule has 2 aromatic carbocycles. The fourth-order valence-electron chi connectivity index (χ4n) is 3.07. The van der Waals surface area contributed by atoms with Crippen LogP contribution in [-0.2, 0) is 0 Å². The number of hydrogen-bond acceptors (Lipinski definition) is 5. The summed E-state index contributed by atoms with van der Waals surface area (Å²) in [7, 11) is 0. The number of nitrogens with zero attached hydrogens (tertiary/aromatic N) is 2. The molecular weight excluding hydrogens is 406 g/mol. The molecule has 0 radical (unpaired) electrons. The highest BCUT2D eigenvalue weighted by Crippen LogP contribution is 2.45. The fraction of sp³-hybridized carbons (Fsp3) is 0.136. The summed E-state index contributed by atoms with van der Waals surface area (Å²) in [5, 5.41) is 19.1. The minimum absolute atomic E-state index is 0.248. The van der Waals surface area contributed by atoms with Gasteiger partial charge in [-0.1, -0.05) is 23.7 Å². The maximum absolute atomic E-state index is 11.4. The second kappa shape index (κ2) is 8.16. The number of carboxylic acid groups (broad SMARTS) is 1. The van der Waals surface area contributed by atoms with E-state index < -0.39 is 5.97 Å². The van der Waals surface area contributed by atoms with Crippen LogP contribution in [0.3, 0.4) is 0 Å². The first-order valence-corrected chi connectivity index (χ1v) is 10.2. The van der Waals surface area contributed by atoms with Crippen molar-refractivity contribution in [1.29, 1.82) is 5.26 Å². The van der Waals surface area contributed by atoms with Crippen molar-refractivity contribution < 1.29 is 9.90 Å². The molecule has 7 heteroatoms. The maximum Gasteiger partial charge on any atom is 0.335 e. The molecule has 5 nitrogen and oxygen atoms in total. The highest BCUT2D eigenvalue weighted by atomic mass is 35.5. The highest BCUT2D eigenvalue weighted by Gasteiger charge is 2.27. The molecule has 0 unspecified atom stereocenters. The molecule has 0 saturated heterocycles. The third-order valence-corrected chi connectivity index (χ3v) is 5.93. The first kappa shape index (κ1) is 19.3. The van der Waals surface area contributed by atoms with Gasteiger partial charge >= 0.3 is 5.97 Å². The van der Waals surface area contributed by atoms with Crippen molar-refractivity contribution in [1.82, 2.24) is 4.98 Å². The van der Waals surface area contributed by atoms with Crippen LogP contribution >= 0.6 is 23.5 Å². The molecule has 0 atom stereocenters. The zero-order valence-electron chi connectivity index (χ0n) is 15.2. The number of anilines is 1. The Morgan fingerprint density at radius 2 is 2.07 bits per heavy atom. The van der Waals surface area contributed by atoms with Gasteiger partial charge in [0.1, 0.15) is 6.07 Å². The Balaban J connectivity index is 1.71. The molecule has 1 aliphatic carbocycles. The monoisotopic (exact) mass is 421 g/mol. The number of nitriles is 1. The SMILES string of the molecule is N#Cc1cc(NSc2cc(C(=O)O)ccc2C2CC2)c(-c2ccccn2)cc1Cl. The lowest BCUT2D eigenvalue weighted by Crippen LogP contribution is -2.00. The van der Waals surface area contributed by atoms with Crippen LogP contribution in [-0.4, -0.2) is 16.1 Å². The summed E-state index contributed by atoms with van der Waals surface area (Å²) in [6.07, 6.45) is 3.91. The van der Waals surface area contributed by atoms with Gasteiger partial charge in [-0.25, -0.2) is 4.79 Å². The van der Waals surface area contributed by atoms with E-state index in [9.17, 15) is 15.2 Å². The molecule has 1 fully saturated rings. The van der Waals surface area contributed by atoms with Crippen LogP contribution in [0.5, 0.6) is 0 Å². The zero-order chi connectivity index (χ0) is 20.4. The van der Waals surface area contributed by atoms with E-state index in [2.05, 4.69) is 15.8 Å².